The SMILES string of the molecule is Cc1cc2ncc3c(n2n1)CCN(C(=O)CCc1c(Cl)cccc1Cl)C3. The van der Waals surface area contributed by atoms with Gasteiger partial charge >= 0.3 is 0 Å². The molecule has 3 heterocycles. The van der Waals surface area contributed by atoms with Crippen LogP contribution in [0.4, 0.5) is 0 Å². The van der Waals surface area contributed by atoms with Crippen LogP contribution in [0.2, 0.25) is 10.0 Å². The summed E-state index contributed by atoms with van der Waals surface area (Å²) in [5.41, 5.74) is 4.82. The van der Waals surface area contributed by atoms with Gasteiger partial charge in [-0.2, -0.15) is 5.10 Å². The van der Waals surface area contributed by atoms with E-state index in [1.807, 2.05) is 34.7 Å². The van der Waals surface area contributed by atoms with E-state index in [-0.39, 0.29) is 5.91 Å². The number of aryl methyl sites for hydroxylation is 1. The predicted octanol–water partition coefficient (Wildman–Crippen LogP) is 3.86. The topological polar surface area (TPSA) is 50.5 Å². The van der Waals surface area contributed by atoms with Gasteiger partial charge in [0.2, 0.25) is 5.91 Å². The second kappa shape index (κ2) is 6.89. The van der Waals surface area contributed by atoms with E-state index in [0.29, 0.717) is 36.0 Å². The molecule has 2 aromatic heterocycles. The minimum atomic E-state index is 0.100. The Morgan fingerprint density at radius 1 is 1.27 bits per heavy atom. The van der Waals surface area contributed by atoms with E-state index in [1.54, 1.807) is 12.1 Å². The molecule has 0 atom stereocenters. The van der Waals surface area contributed by atoms with E-state index in [9.17, 15) is 4.79 Å². The summed E-state index contributed by atoms with van der Waals surface area (Å²) in [4.78, 5) is 19.0. The van der Waals surface area contributed by atoms with Gasteiger partial charge in [-0.1, -0.05) is 29.3 Å². The van der Waals surface area contributed by atoms with Crippen molar-refractivity contribution in [1.29, 1.82) is 0 Å². The third kappa shape index (κ3) is 3.17. The number of carbonyl (C=O) groups is 1. The van der Waals surface area contributed by atoms with Crippen LogP contribution in [0.15, 0.2) is 30.5 Å². The Kier molecular flexibility index (Phi) is 4.59. The molecule has 0 bridgehead atoms. The molecule has 0 radical (unpaired) electrons. The largest absolute Gasteiger partial charge is 0.338 e. The number of rotatable bonds is 3. The lowest BCUT2D eigenvalue weighted by Crippen LogP contribution is -2.37. The third-order valence-corrected chi connectivity index (χ3v) is 5.48. The predicted molar refractivity (Wildman–Crippen MR) is 102 cm³/mol. The number of aromatic nitrogens is 3. The summed E-state index contributed by atoms with van der Waals surface area (Å²) < 4.78 is 1.90. The molecule has 0 spiro atoms. The van der Waals surface area contributed by atoms with Crippen molar-refractivity contribution >= 4 is 34.8 Å². The molecule has 0 aliphatic carbocycles. The zero-order valence-corrected chi connectivity index (χ0v) is 15.9. The number of amides is 1. The van der Waals surface area contributed by atoms with Crippen molar-refractivity contribution in [2.24, 2.45) is 0 Å². The third-order valence-electron chi connectivity index (χ3n) is 4.77. The Labute approximate surface area is 161 Å². The zero-order chi connectivity index (χ0) is 18.3. The van der Waals surface area contributed by atoms with Gasteiger partial charge in [-0.05, 0) is 31.0 Å². The molecule has 1 amide bonds. The highest BCUT2D eigenvalue weighted by Gasteiger charge is 2.23. The normalized spacial score (nSPS) is 13.9. The summed E-state index contributed by atoms with van der Waals surface area (Å²) in [6, 6.07) is 7.37. The van der Waals surface area contributed by atoms with Gasteiger partial charge in [0.25, 0.3) is 0 Å². The van der Waals surface area contributed by atoms with Crippen molar-refractivity contribution in [3.05, 3.63) is 63.0 Å². The maximum absolute atomic E-state index is 12.7. The first kappa shape index (κ1) is 17.3. The van der Waals surface area contributed by atoms with Crippen LogP contribution in [-0.2, 0) is 24.2 Å². The van der Waals surface area contributed by atoms with Crippen molar-refractivity contribution in [3.63, 3.8) is 0 Å². The quantitative estimate of drug-likeness (QED) is 0.684. The average Bonchev–Trinajstić information content (AvgIpc) is 3.01. The van der Waals surface area contributed by atoms with Crippen LogP contribution in [0.3, 0.4) is 0 Å². The monoisotopic (exact) mass is 388 g/mol. The Balaban J connectivity index is 1.48. The number of hydrogen-bond donors (Lipinski definition) is 0. The molecular formula is C19H18Cl2N4O. The van der Waals surface area contributed by atoms with Gasteiger partial charge in [-0.15, -0.1) is 0 Å². The second-order valence-corrected chi connectivity index (χ2v) is 7.37. The van der Waals surface area contributed by atoms with E-state index in [4.69, 9.17) is 23.2 Å². The molecule has 0 fully saturated rings. The molecule has 26 heavy (non-hydrogen) atoms. The van der Waals surface area contributed by atoms with E-state index in [1.165, 1.54) is 0 Å². The summed E-state index contributed by atoms with van der Waals surface area (Å²) in [5, 5.41) is 5.73. The van der Waals surface area contributed by atoms with Gasteiger partial charge in [0.15, 0.2) is 5.65 Å². The van der Waals surface area contributed by atoms with Gasteiger partial charge in [0.1, 0.15) is 0 Å². The zero-order valence-electron chi connectivity index (χ0n) is 14.4. The van der Waals surface area contributed by atoms with E-state index in [0.717, 1.165) is 34.6 Å². The number of fused-ring (bicyclic) bond motifs is 3. The molecule has 1 aliphatic rings. The molecule has 0 saturated carbocycles. The highest BCUT2D eigenvalue weighted by atomic mass is 35.5. The number of carbonyl (C=O) groups excluding carboxylic acids is 1. The van der Waals surface area contributed by atoms with Crippen LogP contribution in [0.1, 0.15) is 28.9 Å². The summed E-state index contributed by atoms with van der Waals surface area (Å²) >= 11 is 12.4. The van der Waals surface area contributed by atoms with Gasteiger partial charge in [0.05, 0.1) is 11.4 Å². The van der Waals surface area contributed by atoms with Crippen LogP contribution in [0, 0.1) is 6.92 Å². The Hall–Kier alpha value is -2.11. The van der Waals surface area contributed by atoms with E-state index in [2.05, 4.69) is 10.1 Å². The molecule has 0 N–H and O–H groups in total. The van der Waals surface area contributed by atoms with Crippen LogP contribution < -0.4 is 0 Å². The highest BCUT2D eigenvalue weighted by molar-refractivity contribution is 6.36. The summed E-state index contributed by atoms with van der Waals surface area (Å²) in [5.74, 6) is 0.100. The Morgan fingerprint density at radius 3 is 2.81 bits per heavy atom. The summed E-state index contributed by atoms with van der Waals surface area (Å²) in [6.45, 7) is 3.20. The smallest absolute Gasteiger partial charge is 0.223 e. The lowest BCUT2D eigenvalue weighted by atomic mass is 10.1. The Bertz CT molecular complexity index is 978. The maximum Gasteiger partial charge on any atom is 0.223 e. The number of hydrogen-bond acceptors (Lipinski definition) is 3. The van der Waals surface area contributed by atoms with Crippen molar-refractivity contribution in [1.82, 2.24) is 19.5 Å². The van der Waals surface area contributed by atoms with Crippen molar-refractivity contribution in [2.45, 2.75) is 32.7 Å². The van der Waals surface area contributed by atoms with E-state index < -0.39 is 0 Å². The van der Waals surface area contributed by atoms with Crippen LogP contribution >= 0.6 is 23.2 Å². The van der Waals surface area contributed by atoms with Gasteiger partial charge in [-0.3, -0.25) is 4.79 Å². The van der Waals surface area contributed by atoms with Crippen molar-refractivity contribution in [2.75, 3.05) is 6.54 Å². The molecule has 4 rings (SSSR count). The Morgan fingerprint density at radius 2 is 2.04 bits per heavy atom. The fourth-order valence-corrected chi connectivity index (χ4v) is 4.02. The van der Waals surface area contributed by atoms with Crippen LogP contribution in [-0.4, -0.2) is 31.9 Å². The second-order valence-electron chi connectivity index (χ2n) is 6.55. The fourth-order valence-electron chi connectivity index (χ4n) is 3.43. The average molecular weight is 389 g/mol. The van der Waals surface area contributed by atoms with Crippen LogP contribution in [0.25, 0.3) is 5.65 Å². The summed E-state index contributed by atoms with van der Waals surface area (Å²) in [6.07, 6.45) is 3.55. The molecule has 0 unspecified atom stereocenters. The minimum absolute atomic E-state index is 0.100. The van der Waals surface area contributed by atoms with Gasteiger partial charge in [-0.25, -0.2) is 9.50 Å². The minimum Gasteiger partial charge on any atom is -0.338 e. The van der Waals surface area contributed by atoms with Crippen molar-refractivity contribution in [3.8, 4) is 0 Å². The lowest BCUT2D eigenvalue weighted by Gasteiger charge is -2.29. The highest BCUT2D eigenvalue weighted by Crippen LogP contribution is 2.26. The molecule has 1 aromatic carbocycles. The van der Waals surface area contributed by atoms with Gasteiger partial charge in [0, 0.05) is 53.8 Å². The first-order chi connectivity index (χ1) is 12.5. The molecule has 1 aliphatic heterocycles. The van der Waals surface area contributed by atoms with E-state index >= 15 is 0 Å². The van der Waals surface area contributed by atoms with Crippen molar-refractivity contribution < 1.29 is 4.79 Å². The molecule has 0 saturated heterocycles. The van der Waals surface area contributed by atoms with Gasteiger partial charge < -0.3 is 4.90 Å². The first-order valence-electron chi connectivity index (χ1n) is 8.57. The molecular weight excluding hydrogens is 371 g/mol. The molecule has 7 heteroatoms. The fraction of sp³-hybridized carbons (Fsp3) is 0.316. The molecule has 134 valence electrons. The maximum atomic E-state index is 12.7. The first-order valence-corrected chi connectivity index (χ1v) is 9.32. The lowest BCUT2D eigenvalue weighted by molar-refractivity contribution is -0.132. The number of nitrogens with zero attached hydrogens (tertiary/aromatic N) is 4. The molecule has 5 nitrogen and oxygen atoms in total. The standard InChI is InChI=1S/C19H18Cl2N4O/c1-12-9-18-22-10-13-11-24(8-7-17(13)25(18)23-12)19(26)6-5-14-15(20)3-2-4-16(14)21/h2-4,9-10H,5-8,11H2,1H3. The van der Waals surface area contributed by atoms with Crippen LogP contribution in [0.5, 0.6) is 0 Å². The summed E-state index contributed by atoms with van der Waals surface area (Å²) in [7, 11) is 0. The number of benzene rings is 1. The molecule has 3 aromatic rings. The number of halogens is 2.